The van der Waals surface area contributed by atoms with Crippen LogP contribution < -0.4 is 10.9 Å². The summed E-state index contributed by atoms with van der Waals surface area (Å²) in [6, 6.07) is 12.1. The van der Waals surface area contributed by atoms with Crippen molar-refractivity contribution in [1.82, 2.24) is 15.0 Å². The van der Waals surface area contributed by atoms with E-state index in [0.717, 1.165) is 22.6 Å². The summed E-state index contributed by atoms with van der Waals surface area (Å²) >= 11 is 0. The van der Waals surface area contributed by atoms with Crippen molar-refractivity contribution in [2.24, 2.45) is 0 Å². The van der Waals surface area contributed by atoms with Crippen molar-refractivity contribution in [3.8, 4) is 11.4 Å². The molecular formula is C22H26N4O2. The zero-order valence-electron chi connectivity index (χ0n) is 16.7. The van der Waals surface area contributed by atoms with Gasteiger partial charge in [0.1, 0.15) is 11.6 Å². The second-order valence-corrected chi connectivity index (χ2v) is 7.09. The molecule has 6 heteroatoms. The van der Waals surface area contributed by atoms with Gasteiger partial charge >= 0.3 is 0 Å². The third-order valence-corrected chi connectivity index (χ3v) is 4.51. The molecule has 0 spiro atoms. The number of aryl methyl sites for hydroxylation is 1. The van der Waals surface area contributed by atoms with E-state index in [2.05, 4.69) is 44.5 Å². The molecule has 0 aliphatic carbocycles. The number of nitrogens with one attached hydrogen (secondary N) is 2. The van der Waals surface area contributed by atoms with Gasteiger partial charge in [0, 0.05) is 29.6 Å². The van der Waals surface area contributed by atoms with Gasteiger partial charge in [-0.25, -0.2) is 9.97 Å². The van der Waals surface area contributed by atoms with E-state index >= 15 is 0 Å². The molecule has 2 aromatic heterocycles. The Morgan fingerprint density at radius 2 is 1.79 bits per heavy atom. The first-order chi connectivity index (χ1) is 13.4. The number of aromatic nitrogens is 3. The number of hydrogen-bond donors (Lipinski definition) is 2. The molecule has 0 fully saturated rings. The van der Waals surface area contributed by atoms with Crippen LogP contribution in [0.25, 0.3) is 11.4 Å². The maximum atomic E-state index is 11.9. The summed E-state index contributed by atoms with van der Waals surface area (Å²) in [6.07, 6.45) is 1.94. The maximum absolute atomic E-state index is 11.9. The van der Waals surface area contributed by atoms with Crippen LogP contribution >= 0.6 is 0 Å². The highest BCUT2D eigenvalue weighted by atomic mass is 16.5. The Hall–Kier alpha value is -2.99. The number of benzene rings is 1. The second kappa shape index (κ2) is 8.80. The van der Waals surface area contributed by atoms with Crippen LogP contribution in [0.3, 0.4) is 0 Å². The van der Waals surface area contributed by atoms with Crippen molar-refractivity contribution in [2.75, 3.05) is 5.32 Å². The van der Waals surface area contributed by atoms with Gasteiger partial charge in [0.05, 0.1) is 12.7 Å². The fourth-order valence-electron chi connectivity index (χ4n) is 2.63. The van der Waals surface area contributed by atoms with Gasteiger partial charge in [0.25, 0.3) is 5.56 Å². The lowest BCUT2D eigenvalue weighted by molar-refractivity contribution is 0.0657. The molecule has 1 aromatic carbocycles. The van der Waals surface area contributed by atoms with Gasteiger partial charge in [0.2, 0.25) is 0 Å². The molecule has 2 heterocycles. The Bertz CT molecular complexity index is 977. The van der Waals surface area contributed by atoms with Gasteiger partial charge in [-0.15, -0.1) is 0 Å². The van der Waals surface area contributed by atoms with Gasteiger partial charge in [-0.2, -0.15) is 0 Å². The van der Waals surface area contributed by atoms with Crippen molar-refractivity contribution >= 4 is 5.82 Å². The Morgan fingerprint density at radius 1 is 1.07 bits per heavy atom. The van der Waals surface area contributed by atoms with Crippen molar-refractivity contribution in [1.29, 1.82) is 0 Å². The highest BCUT2D eigenvalue weighted by molar-refractivity contribution is 5.56. The third kappa shape index (κ3) is 5.04. The molecule has 3 aromatic rings. The number of H-pyrrole nitrogens is 1. The zero-order chi connectivity index (χ0) is 20.1. The smallest absolute Gasteiger partial charge is 0.254 e. The summed E-state index contributed by atoms with van der Waals surface area (Å²) < 4.78 is 5.61. The summed E-state index contributed by atoms with van der Waals surface area (Å²) in [5.41, 5.74) is 4.35. The molecule has 2 N–H and O–H groups in total. The average molecular weight is 378 g/mol. The number of anilines is 1. The standard InChI is InChI=1S/C22H26N4O2/c1-14(2)28-13-18-7-5-17(6-8-18)11-23-20-10-9-19(12-24-20)21-25-16(4)15(3)22(27)26-21/h5-10,12,14H,11,13H2,1-4H3,(H,23,24)(H,25,26,27). The molecule has 28 heavy (non-hydrogen) atoms. The van der Waals surface area contributed by atoms with Crippen LogP contribution in [0.5, 0.6) is 0 Å². The molecule has 6 nitrogen and oxygen atoms in total. The number of rotatable bonds is 7. The van der Waals surface area contributed by atoms with Crippen molar-refractivity contribution in [3.05, 3.63) is 75.3 Å². The molecule has 146 valence electrons. The Morgan fingerprint density at radius 3 is 2.39 bits per heavy atom. The minimum Gasteiger partial charge on any atom is -0.374 e. The van der Waals surface area contributed by atoms with Gasteiger partial charge in [0.15, 0.2) is 0 Å². The Labute approximate surface area is 165 Å². The molecule has 0 unspecified atom stereocenters. The second-order valence-electron chi connectivity index (χ2n) is 7.09. The SMILES string of the molecule is Cc1nc(-c2ccc(NCc3ccc(COC(C)C)cc3)nc2)[nH]c(=O)c1C. The maximum Gasteiger partial charge on any atom is 0.254 e. The van der Waals surface area contributed by atoms with Crippen molar-refractivity contribution < 1.29 is 4.74 Å². The summed E-state index contributed by atoms with van der Waals surface area (Å²) in [6.45, 7) is 8.96. The van der Waals surface area contributed by atoms with E-state index in [4.69, 9.17) is 4.74 Å². The van der Waals surface area contributed by atoms with Crippen LogP contribution in [0.1, 0.15) is 36.2 Å². The van der Waals surface area contributed by atoms with Crippen molar-refractivity contribution in [2.45, 2.75) is 47.0 Å². The first-order valence-corrected chi connectivity index (χ1v) is 9.39. The average Bonchev–Trinajstić information content (AvgIpc) is 2.69. The highest BCUT2D eigenvalue weighted by Crippen LogP contribution is 2.16. The van der Waals surface area contributed by atoms with Gasteiger partial charge < -0.3 is 15.0 Å². The lowest BCUT2D eigenvalue weighted by Gasteiger charge is -2.09. The van der Waals surface area contributed by atoms with E-state index in [0.29, 0.717) is 24.5 Å². The van der Waals surface area contributed by atoms with E-state index in [1.54, 1.807) is 13.1 Å². The highest BCUT2D eigenvalue weighted by Gasteiger charge is 2.06. The van der Waals surface area contributed by atoms with Gasteiger partial charge in [-0.3, -0.25) is 4.79 Å². The quantitative estimate of drug-likeness (QED) is 0.650. The number of pyridine rings is 1. The van der Waals surface area contributed by atoms with Crippen LogP contribution in [-0.2, 0) is 17.9 Å². The minimum atomic E-state index is -0.119. The number of aromatic amines is 1. The molecule has 0 amide bonds. The van der Waals surface area contributed by atoms with Crippen molar-refractivity contribution in [3.63, 3.8) is 0 Å². The molecule has 0 bridgehead atoms. The summed E-state index contributed by atoms with van der Waals surface area (Å²) in [7, 11) is 0. The molecule has 0 aliphatic heterocycles. The lowest BCUT2D eigenvalue weighted by atomic mass is 10.1. The zero-order valence-corrected chi connectivity index (χ0v) is 16.7. The van der Waals surface area contributed by atoms with Gasteiger partial charge in [-0.05, 0) is 51.0 Å². The first kappa shape index (κ1) is 19.8. The monoisotopic (exact) mass is 378 g/mol. The first-order valence-electron chi connectivity index (χ1n) is 9.39. The summed E-state index contributed by atoms with van der Waals surface area (Å²) in [5.74, 6) is 1.30. The van der Waals surface area contributed by atoms with Crippen LogP contribution in [0, 0.1) is 13.8 Å². The van der Waals surface area contributed by atoms with Crippen LogP contribution in [0.4, 0.5) is 5.82 Å². The number of hydrogen-bond acceptors (Lipinski definition) is 5. The Kier molecular flexibility index (Phi) is 6.21. The summed E-state index contributed by atoms with van der Waals surface area (Å²) in [4.78, 5) is 23.6. The number of nitrogens with zero attached hydrogens (tertiary/aromatic N) is 2. The molecule has 0 radical (unpaired) electrons. The largest absolute Gasteiger partial charge is 0.374 e. The predicted octanol–water partition coefficient (Wildman–Crippen LogP) is 3.99. The van der Waals surface area contributed by atoms with Crippen LogP contribution in [0.15, 0.2) is 47.4 Å². The molecule has 3 rings (SSSR count). The van der Waals surface area contributed by atoms with Crippen LogP contribution in [-0.4, -0.2) is 21.1 Å². The fraction of sp³-hybridized carbons (Fsp3) is 0.318. The van der Waals surface area contributed by atoms with Crippen LogP contribution in [0.2, 0.25) is 0 Å². The Balaban J connectivity index is 1.61. The molecular weight excluding hydrogens is 352 g/mol. The van der Waals surface area contributed by atoms with E-state index in [1.807, 2.05) is 32.9 Å². The van der Waals surface area contributed by atoms with E-state index < -0.39 is 0 Å². The van der Waals surface area contributed by atoms with E-state index in [1.165, 1.54) is 5.56 Å². The lowest BCUT2D eigenvalue weighted by Crippen LogP contribution is -2.14. The summed E-state index contributed by atoms with van der Waals surface area (Å²) in [5, 5.41) is 3.31. The van der Waals surface area contributed by atoms with E-state index in [-0.39, 0.29) is 11.7 Å². The third-order valence-electron chi connectivity index (χ3n) is 4.51. The number of ether oxygens (including phenoxy) is 1. The molecule has 0 aliphatic rings. The molecule has 0 atom stereocenters. The normalized spacial score (nSPS) is 11.0. The topological polar surface area (TPSA) is 79.9 Å². The van der Waals surface area contributed by atoms with Gasteiger partial charge in [-0.1, -0.05) is 24.3 Å². The molecule has 0 saturated carbocycles. The predicted molar refractivity (Wildman–Crippen MR) is 111 cm³/mol. The minimum absolute atomic E-state index is 0.119. The fourth-order valence-corrected chi connectivity index (χ4v) is 2.63. The molecule has 0 saturated heterocycles. The van der Waals surface area contributed by atoms with E-state index in [9.17, 15) is 4.79 Å².